The van der Waals surface area contributed by atoms with Gasteiger partial charge in [-0.3, -0.25) is 9.48 Å². The number of hydrogen-bond acceptors (Lipinski definition) is 3. The van der Waals surface area contributed by atoms with Crippen molar-refractivity contribution in [1.82, 2.24) is 14.7 Å². The van der Waals surface area contributed by atoms with Crippen LogP contribution in [0.15, 0.2) is 54.9 Å². The van der Waals surface area contributed by atoms with Crippen LogP contribution in [0.3, 0.4) is 0 Å². The Bertz CT molecular complexity index is 958. The monoisotopic (exact) mass is 387 g/mol. The van der Waals surface area contributed by atoms with Crippen LogP contribution in [0.5, 0.6) is 5.75 Å². The third-order valence-electron chi connectivity index (χ3n) is 4.15. The van der Waals surface area contributed by atoms with E-state index in [1.807, 2.05) is 24.3 Å². The number of hydrogen-bond donors (Lipinski definition) is 0. The second kappa shape index (κ2) is 8.22. The Morgan fingerprint density at radius 3 is 2.78 bits per heavy atom. The van der Waals surface area contributed by atoms with Crippen molar-refractivity contribution in [2.75, 3.05) is 14.2 Å². The lowest BCUT2D eigenvalue weighted by atomic mass is 10.2. The molecule has 0 aliphatic heterocycles. The van der Waals surface area contributed by atoms with Crippen LogP contribution in [0.2, 0.25) is 5.02 Å². The molecule has 1 heterocycles. The van der Waals surface area contributed by atoms with Crippen molar-refractivity contribution in [3.8, 4) is 5.75 Å². The highest BCUT2D eigenvalue weighted by Gasteiger charge is 2.15. The number of rotatable bonds is 6. The summed E-state index contributed by atoms with van der Waals surface area (Å²) in [6, 6.07) is 12.1. The fourth-order valence-corrected chi connectivity index (χ4v) is 2.93. The molecule has 0 saturated heterocycles. The Balaban J connectivity index is 1.68. The van der Waals surface area contributed by atoms with Gasteiger partial charge in [-0.25, -0.2) is 4.39 Å². The predicted molar refractivity (Wildman–Crippen MR) is 102 cm³/mol. The summed E-state index contributed by atoms with van der Waals surface area (Å²) in [5.74, 6) is -0.478. The molecule has 0 unspecified atom stereocenters. The molecule has 1 aromatic heterocycles. The molecule has 0 bridgehead atoms. The summed E-state index contributed by atoms with van der Waals surface area (Å²) in [6.45, 7) is 0.746. The zero-order chi connectivity index (χ0) is 19.4. The minimum atomic E-state index is -0.455. The van der Waals surface area contributed by atoms with E-state index in [0.29, 0.717) is 22.7 Å². The van der Waals surface area contributed by atoms with E-state index in [2.05, 4.69) is 5.10 Å². The van der Waals surface area contributed by atoms with E-state index in [1.54, 1.807) is 30.1 Å². The second-order valence-corrected chi connectivity index (χ2v) is 6.56. The molecule has 7 heteroatoms. The molecule has 0 aliphatic carbocycles. The fraction of sp³-hybridized carbons (Fsp3) is 0.200. The van der Waals surface area contributed by atoms with E-state index < -0.39 is 5.82 Å². The number of methoxy groups -OCH3 is 1. The van der Waals surface area contributed by atoms with E-state index in [4.69, 9.17) is 16.3 Å². The van der Waals surface area contributed by atoms with Crippen LogP contribution >= 0.6 is 11.6 Å². The number of nitrogens with zero attached hydrogens (tertiary/aromatic N) is 3. The first-order valence-electron chi connectivity index (χ1n) is 8.31. The highest BCUT2D eigenvalue weighted by Crippen LogP contribution is 2.19. The van der Waals surface area contributed by atoms with E-state index >= 15 is 0 Å². The highest BCUT2D eigenvalue weighted by atomic mass is 35.5. The average molecular weight is 388 g/mol. The largest absolute Gasteiger partial charge is 0.494 e. The first-order chi connectivity index (χ1) is 13.0. The second-order valence-electron chi connectivity index (χ2n) is 6.15. The molecular weight excluding hydrogens is 369 g/mol. The van der Waals surface area contributed by atoms with Crippen LogP contribution in [-0.4, -0.2) is 34.7 Å². The van der Waals surface area contributed by atoms with Crippen molar-refractivity contribution in [3.63, 3.8) is 0 Å². The molecule has 140 valence electrons. The maximum absolute atomic E-state index is 13.8. The number of aromatic nitrogens is 2. The van der Waals surface area contributed by atoms with Crippen molar-refractivity contribution in [2.24, 2.45) is 0 Å². The summed E-state index contributed by atoms with van der Waals surface area (Å²) in [4.78, 5) is 14.1. The SMILES string of the molecule is COc1ccc(CN(C)C(=O)c2cnn(Cc3ccccc3Cl)c2)cc1F. The first-order valence-corrected chi connectivity index (χ1v) is 8.69. The van der Waals surface area contributed by atoms with Crippen LogP contribution in [-0.2, 0) is 13.1 Å². The van der Waals surface area contributed by atoms with Crippen molar-refractivity contribution in [1.29, 1.82) is 0 Å². The van der Waals surface area contributed by atoms with Gasteiger partial charge in [0.2, 0.25) is 0 Å². The lowest BCUT2D eigenvalue weighted by molar-refractivity contribution is 0.0785. The third-order valence-corrected chi connectivity index (χ3v) is 4.52. The number of carbonyl (C=O) groups excluding carboxylic acids is 1. The summed E-state index contributed by atoms with van der Waals surface area (Å²) in [7, 11) is 3.07. The molecule has 3 rings (SSSR count). The third kappa shape index (κ3) is 4.46. The van der Waals surface area contributed by atoms with E-state index in [-0.39, 0.29) is 18.2 Å². The molecule has 0 saturated carbocycles. The lowest BCUT2D eigenvalue weighted by Gasteiger charge is -2.16. The summed E-state index contributed by atoms with van der Waals surface area (Å²) >= 11 is 6.16. The lowest BCUT2D eigenvalue weighted by Crippen LogP contribution is -2.26. The van der Waals surface area contributed by atoms with Crippen molar-refractivity contribution < 1.29 is 13.9 Å². The van der Waals surface area contributed by atoms with Gasteiger partial charge in [0.25, 0.3) is 5.91 Å². The molecule has 5 nitrogen and oxygen atoms in total. The molecule has 0 spiro atoms. The molecule has 0 aliphatic rings. The van der Waals surface area contributed by atoms with Crippen molar-refractivity contribution in [3.05, 3.63) is 82.4 Å². The van der Waals surface area contributed by atoms with Crippen LogP contribution in [0.25, 0.3) is 0 Å². The quantitative estimate of drug-likeness (QED) is 0.642. The number of amides is 1. The summed E-state index contributed by atoms with van der Waals surface area (Å²) in [5.41, 5.74) is 2.05. The van der Waals surface area contributed by atoms with Crippen molar-refractivity contribution in [2.45, 2.75) is 13.1 Å². The average Bonchev–Trinajstić information content (AvgIpc) is 3.11. The van der Waals surface area contributed by atoms with Gasteiger partial charge in [-0.2, -0.15) is 5.10 Å². The molecule has 27 heavy (non-hydrogen) atoms. The summed E-state index contributed by atoms with van der Waals surface area (Å²) in [6.07, 6.45) is 3.20. The fourth-order valence-electron chi connectivity index (χ4n) is 2.74. The Morgan fingerprint density at radius 2 is 2.07 bits per heavy atom. The number of benzene rings is 2. The van der Waals surface area contributed by atoms with Gasteiger partial charge >= 0.3 is 0 Å². The van der Waals surface area contributed by atoms with E-state index in [0.717, 1.165) is 5.56 Å². The molecule has 2 aromatic carbocycles. The molecule has 0 N–H and O–H groups in total. The van der Waals surface area contributed by atoms with Crippen LogP contribution in [0, 0.1) is 5.82 Å². The van der Waals surface area contributed by atoms with E-state index in [1.165, 1.54) is 24.3 Å². The van der Waals surface area contributed by atoms with Crippen LogP contribution in [0.1, 0.15) is 21.5 Å². The molecule has 0 fully saturated rings. The predicted octanol–water partition coefficient (Wildman–Crippen LogP) is 4.00. The van der Waals surface area contributed by atoms with Gasteiger partial charge in [-0.05, 0) is 29.3 Å². The summed E-state index contributed by atoms with van der Waals surface area (Å²) in [5, 5.41) is 4.89. The molecule has 3 aromatic rings. The minimum Gasteiger partial charge on any atom is -0.494 e. The number of halogens is 2. The number of ether oxygens (including phenoxy) is 1. The van der Waals surface area contributed by atoms with Gasteiger partial charge < -0.3 is 9.64 Å². The normalized spacial score (nSPS) is 10.7. The molecule has 0 atom stereocenters. The molecular formula is C20H19ClFN3O2. The zero-order valence-electron chi connectivity index (χ0n) is 15.0. The van der Waals surface area contributed by atoms with Crippen LogP contribution < -0.4 is 4.74 Å². The minimum absolute atomic E-state index is 0.175. The Morgan fingerprint density at radius 1 is 1.30 bits per heavy atom. The Labute approximate surface area is 161 Å². The van der Waals surface area contributed by atoms with Gasteiger partial charge in [0.1, 0.15) is 0 Å². The Kier molecular flexibility index (Phi) is 5.76. The smallest absolute Gasteiger partial charge is 0.257 e. The van der Waals surface area contributed by atoms with Gasteiger partial charge in [0.05, 0.1) is 25.4 Å². The summed E-state index contributed by atoms with van der Waals surface area (Å²) < 4.78 is 20.4. The molecule has 0 radical (unpaired) electrons. The zero-order valence-corrected chi connectivity index (χ0v) is 15.8. The van der Waals surface area contributed by atoms with Gasteiger partial charge in [0, 0.05) is 24.8 Å². The maximum atomic E-state index is 13.8. The van der Waals surface area contributed by atoms with Gasteiger partial charge in [0.15, 0.2) is 11.6 Å². The number of carbonyl (C=O) groups is 1. The van der Waals surface area contributed by atoms with Crippen molar-refractivity contribution >= 4 is 17.5 Å². The van der Waals surface area contributed by atoms with Gasteiger partial charge in [-0.15, -0.1) is 0 Å². The van der Waals surface area contributed by atoms with Crippen LogP contribution in [0.4, 0.5) is 4.39 Å². The standard InChI is InChI=1S/C20H19ClFN3O2/c1-24(11-14-7-8-19(27-2)18(22)9-14)20(26)16-10-23-25(13-16)12-15-5-3-4-6-17(15)21/h3-10,13H,11-12H2,1-2H3. The maximum Gasteiger partial charge on any atom is 0.257 e. The topological polar surface area (TPSA) is 47.4 Å². The molecule has 1 amide bonds. The van der Waals surface area contributed by atoms with E-state index in [9.17, 15) is 9.18 Å². The highest BCUT2D eigenvalue weighted by molar-refractivity contribution is 6.31. The first kappa shape index (κ1) is 18.9. The Hall–Kier alpha value is -2.86. The van der Waals surface area contributed by atoms with Gasteiger partial charge in [-0.1, -0.05) is 35.9 Å².